The normalized spacial score (nSPS) is 14.2. The minimum absolute atomic E-state index is 0.0433. The monoisotopic (exact) mass is 862 g/mol. The summed E-state index contributed by atoms with van der Waals surface area (Å²) in [6.45, 7) is 4.10. The van der Waals surface area contributed by atoms with Gasteiger partial charge in [0.15, 0.2) is 6.10 Å². The van der Waals surface area contributed by atoms with E-state index in [1.165, 1.54) is 83.5 Å². The molecule has 0 fully saturated rings. The van der Waals surface area contributed by atoms with Crippen LogP contribution in [0.5, 0.6) is 0 Å². The molecular formula is C50H88NO8P. The van der Waals surface area contributed by atoms with E-state index in [4.69, 9.17) is 18.5 Å². The largest absolute Gasteiger partial charge is 0.756 e. The number of phosphoric ester groups is 1. The van der Waals surface area contributed by atoms with Crippen LogP contribution in [0.3, 0.4) is 0 Å². The second-order valence-corrected chi connectivity index (χ2v) is 18.2. The van der Waals surface area contributed by atoms with Crippen LogP contribution >= 0.6 is 7.82 Å². The number of unbranched alkanes of at least 4 members (excludes halogenated alkanes) is 16. The van der Waals surface area contributed by atoms with Crippen LogP contribution in [-0.4, -0.2) is 70.0 Å². The molecule has 9 nitrogen and oxygen atoms in total. The molecular weight excluding hydrogens is 774 g/mol. The topological polar surface area (TPSA) is 111 Å². The van der Waals surface area contributed by atoms with E-state index < -0.39 is 32.5 Å². The highest BCUT2D eigenvalue weighted by atomic mass is 31.2. The van der Waals surface area contributed by atoms with E-state index in [9.17, 15) is 19.0 Å². The molecule has 0 aliphatic rings. The minimum Gasteiger partial charge on any atom is -0.756 e. The zero-order chi connectivity index (χ0) is 44.3. The van der Waals surface area contributed by atoms with Gasteiger partial charge >= 0.3 is 11.9 Å². The molecule has 0 radical (unpaired) electrons. The molecule has 0 aromatic carbocycles. The summed E-state index contributed by atoms with van der Waals surface area (Å²) in [5.74, 6) is -0.909. The third kappa shape index (κ3) is 45.0. The number of ether oxygens (including phenoxy) is 2. The molecule has 0 aliphatic carbocycles. The van der Waals surface area contributed by atoms with Crippen LogP contribution in [0, 0.1) is 0 Å². The van der Waals surface area contributed by atoms with Gasteiger partial charge in [0.25, 0.3) is 7.82 Å². The molecule has 1 unspecified atom stereocenters. The highest BCUT2D eigenvalue weighted by Gasteiger charge is 2.21. The summed E-state index contributed by atoms with van der Waals surface area (Å²) < 4.78 is 33.9. The van der Waals surface area contributed by atoms with E-state index in [1.807, 2.05) is 21.1 Å². The van der Waals surface area contributed by atoms with Gasteiger partial charge < -0.3 is 27.9 Å². The van der Waals surface area contributed by atoms with Crippen LogP contribution in [0.15, 0.2) is 72.9 Å². The van der Waals surface area contributed by atoms with Gasteiger partial charge in [0.2, 0.25) is 0 Å². The summed E-state index contributed by atoms with van der Waals surface area (Å²) in [5, 5.41) is 0. The fourth-order valence-electron chi connectivity index (χ4n) is 5.97. The van der Waals surface area contributed by atoms with Crippen molar-refractivity contribution in [3.05, 3.63) is 72.9 Å². The van der Waals surface area contributed by atoms with Crippen molar-refractivity contribution < 1.29 is 42.1 Å². The van der Waals surface area contributed by atoms with Crippen LogP contribution in [0.25, 0.3) is 0 Å². The molecule has 0 N–H and O–H groups in total. The average molecular weight is 862 g/mol. The van der Waals surface area contributed by atoms with Crippen molar-refractivity contribution in [2.45, 2.75) is 187 Å². The van der Waals surface area contributed by atoms with Gasteiger partial charge in [-0.25, -0.2) is 0 Å². The third-order valence-corrected chi connectivity index (χ3v) is 10.7. The predicted octanol–water partition coefficient (Wildman–Crippen LogP) is 13.2. The molecule has 0 saturated heterocycles. The van der Waals surface area contributed by atoms with Crippen molar-refractivity contribution in [3.8, 4) is 0 Å². The second-order valence-electron chi connectivity index (χ2n) is 16.8. The maximum Gasteiger partial charge on any atom is 0.306 e. The Labute approximate surface area is 368 Å². The van der Waals surface area contributed by atoms with E-state index in [0.29, 0.717) is 23.9 Å². The number of nitrogens with zero attached hydrogens (tertiary/aromatic N) is 1. The SMILES string of the molecule is CCCCC/C=C/C/C=C/C/C=C/C/C=C/CCCC(=O)OC[C@H](COP(=O)([O-])OCC[N+](C)(C)C)OC(=O)CCCCCCCCCCC/C=C/C/C=C/CCCCC. The Kier molecular flexibility index (Phi) is 40.0. The summed E-state index contributed by atoms with van der Waals surface area (Å²) in [7, 11) is 1.12. The summed E-state index contributed by atoms with van der Waals surface area (Å²) in [4.78, 5) is 37.6. The van der Waals surface area contributed by atoms with Crippen LogP contribution in [0.1, 0.15) is 181 Å². The van der Waals surface area contributed by atoms with Crippen molar-refractivity contribution in [2.24, 2.45) is 0 Å². The fourth-order valence-corrected chi connectivity index (χ4v) is 6.70. The van der Waals surface area contributed by atoms with Gasteiger partial charge in [-0.3, -0.25) is 14.2 Å². The lowest BCUT2D eigenvalue weighted by atomic mass is 10.1. The highest BCUT2D eigenvalue weighted by molar-refractivity contribution is 7.45. The highest BCUT2D eigenvalue weighted by Crippen LogP contribution is 2.38. The number of likely N-dealkylation sites (N-methyl/N-ethyl adjacent to an activating group) is 1. The Hall–Kier alpha value is -2.55. The maximum absolute atomic E-state index is 12.7. The Balaban J connectivity index is 4.41. The van der Waals surface area contributed by atoms with E-state index in [1.54, 1.807) is 0 Å². The van der Waals surface area contributed by atoms with Crippen LogP contribution in [0.2, 0.25) is 0 Å². The molecule has 60 heavy (non-hydrogen) atoms. The molecule has 0 spiro atoms. The van der Waals surface area contributed by atoms with Gasteiger partial charge in [0.05, 0.1) is 27.7 Å². The van der Waals surface area contributed by atoms with Gasteiger partial charge in [0, 0.05) is 12.8 Å². The van der Waals surface area contributed by atoms with Crippen molar-refractivity contribution >= 4 is 19.8 Å². The number of hydrogen-bond donors (Lipinski definition) is 0. The molecule has 346 valence electrons. The Bertz CT molecular complexity index is 1250. The van der Waals surface area contributed by atoms with Crippen LogP contribution in [0.4, 0.5) is 0 Å². The van der Waals surface area contributed by atoms with Crippen molar-refractivity contribution in [2.75, 3.05) is 47.5 Å². The Morgan fingerprint density at radius 3 is 1.38 bits per heavy atom. The first kappa shape index (κ1) is 57.4. The van der Waals surface area contributed by atoms with Crippen molar-refractivity contribution in [1.29, 1.82) is 0 Å². The first-order valence-corrected chi connectivity index (χ1v) is 25.1. The third-order valence-electron chi connectivity index (χ3n) is 9.70. The molecule has 0 amide bonds. The number of quaternary nitrogens is 1. The average Bonchev–Trinajstić information content (AvgIpc) is 3.20. The van der Waals surface area contributed by atoms with E-state index in [0.717, 1.165) is 57.8 Å². The number of carbonyl (C=O) groups is 2. The standard InChI is InChI=1S/C50H88NO8P/c1-6-8-10-12-14-16-18-20-22-24-25-27-29-31-33-35-37-39-41-43-50(53)59-48(47-58-60(54,55)57-45-44-51(3,4)5)46-56-49(52)42-40-38-36-34-32-30-28-26-23-21-19-17-15-13-11-9-7-2/h14-17,20-23,28,30,34,36,48H,6-13,18-19,24-27,29,31-33,35,37-47H2,1-5H3/b16-14+,17-15+,22-20+,23-21+,30-28+,36-34+/t48-/m1/s1. The predicted molar refractivity (Wildman–Crippen MR) is 249 cm³/mol. The maximum atomic E-state index is 12.7. The molecule has 0 bridgehead atoms. The molecule has 2 atom stereocenters. The zero-order valence-corrected chi connectivity index (χ0v) is 39.8. The van der Waals surface area contributed by atoms with Gasteiger partial charge in [0.1, 0.15) is 19.8 Å². The van der Waals surface area contributed by atoms with Gasteiger partial charge in [-0.2, -0.15) is 0 Å². The molecule has 0 aromatic heterocycles. The molecule has 0 rings (SSSR count). The number of rotatable bonds is 42. The van der Waals surface area contributed by atoms with Crippen LogP contribution in [-0.2, 0) is 32.7 Å². The first-order valence-electron chi connectivity index (χ1n) is 23.6. The van der Waals surface area contributed by atoms with E-state index >= 15 is 0 Å². The van der Waals surface area contributed by atoms with Crippen molar-refractivity contribution in [3.63, 3.8) is 0 Å². The lowest BCUT2D eigenvalue weighted by Gasteiger charge is -2.28. The van der Waals surface area contributed by atoms with Gasteiger partial charge in [-0.15, -0.1) is 0 Å². The molecule has 0 aromatic rings. The number of esters is 2. The van der Waals surface area contributed by atoms with E-state index in [-0.39, 0.29) is 26.1 Å². The molecule has 0 aliphatic heterocycles. The quantitative estimate of drug-likeness (QED) is 0.0196. The number of phosphoric acid groups is 1. The van der Waals surface area contributed by atoms with Crippen LogP contribution < -0.4 is 4.89 Å². The summed E-state index contributed by atoms with van der Waals surface area (Å²) in [6, 6.07) is 0. The lowest BCUT2D eigenvalue weighted by molar-refractivity contribution is -0.870. The fraction of sp³-hybridized carbons (Fsp3) is 0.720. The van der Waals surface area contributed by atoms with Gasteiger partial charge in [-0.05, 0) is 83.5 Å². The summed E-state index contributed by atoms with van der Waals surface area (Å²) in [5.41, 5.74) is 0. The summed E-state index contributed by atoms with van der Waals surface area (Å²) >= 11 is 0. The minimum atomic E-state index is -4.64. The Morgan fingerprint density at radius 2 is 0.917 bits per heavy atom. The second kappa shape index (κ2) is 41.8. The smallest absolute Gasteiger partial charge is 0.306 e. The molecule has 10 heteroatoms. The lowest BCUT2D eigenvalue weighted by Crippen LogP contribution is -2.37. The number of carbonyl (C=O) groups excluding carboxylic acids is 2. The van der Waals surface area contributed by atoms with Crippen molar-refractivity contribution in [1.82, 2.24) is 0 Å². The molecule has 0 heterocycles. The van der Waals surface area contributed by atoms with E-state index in [2.05, 4.69) is 86.8 Å². The number of hydrogen-bond acceptors (Lipinski definition) is 8. The zero-order valence-electron chi connectivity index (χ0n) is 38.9. The Morgan fingerprint density at radius 1 is 0.517 bits per heavy atom. The first-order chi connectivity index (χ1) is 29.0. The van der Waals surface area contributed by atoms with Gasteiger partial charge in [-0.1, -0.05) is 157 Å². The number of allylic oxidation sites excluding steroid dienone is 12. The summed E-state index contributed by atoms with van der Waals surface area (Å²) in [6.07, 6.45) is 52.2. The molecule has 0 saturated carbocycles.